The van der Waals surface area contributed by atoms with Gasteiger partial charge in [-0.05, 0) is 65.7 Å². The van der Waals surface area contributed by atoms with Crippen LogP contribution in [0.25, 0.3) is 15.9 Å². The minimum absolute atomic E-state index is 0.257. The molecule has 0 aliphatic carbocycles. The van der Waals surface area contributed by atoms with Crippen molar-refractivity contribution in [1.82, 2.24) is 9.13 Å². The fraction of sp³-hybridized carbons (Fsp3) is 0.208. The van der Waals surface area contributed by atoms with Crippen LogP contribution in [0.2, 0.25) is 0 Å². The lowest BCUT2D eigenvalue weighted by atomic mass is 10.0. The molecule has 1 N–H and O–H groups in total. The molecule has 0 saturated heterocycles. The van der Waals surface area contributed by atoms with E-state index in [1.807, 2.05) is 24.3 Å². The number of thiophene rings is 1. The molecular weight excluding hydrogens is 429 g/mol. The summed E-state index contributed by atoms with van der Waals surface area (Å²) in [5.41, 5.74) is 1.59. The molecule has 2 heterocycles. The Balaban J connectivity index is 1.73. The Hall–Kier alpha value is -3.52. The van der Waals surface area contributed by atoms with Crippen molar-refractivity contribution in [3.05, 3.63) is 91.7 Å². The van der Waals surface area contributed by atoms with Crippen LogP contribution in [0.15, 0.2) is 63.5 Å². The smallest absolute Gasteiger partial charge is 0.325 e. The Kier molecular flexibility index (Phi) is 5.80. The van der Waals surface area contributed by atoms with E-state index in [0.29, 0.717) is 27.4 Å². The normalized spacial score (nSPS) is 11.3. The molecule has 4 rings (SSSR count). The summed E-state index contributed by atoms with van der Waals surface area (Å²) in [6.07, 6.45) is 0. The van der Waals surface area contributed by atoms with Gasteiger partial charge in [-0.15, -0.1) is 11.3 Å². The van der Waals surface area contributed by atoms with Crippen LogP contribution in [0.3, 0.4) is 0 Å². The minimum atomic E-state index is -0.655. The van der Waals surface area contributed by atoms with Gasteiger partial charge in [0.05, 0.1) is 11.2 Å². The third-order valence-corrected chi connectivity index (χ3v) is 6.21. The fourth-order valence-corrected chi connectivity index (χ4v) is 4.36. The first-order chi connectivity index (χ1) is 15.3. The number of amides is 1. The summed E-state index contributed by atoms with van der Waals surface area (Å²) >= 11 is 1.19. The summed E-state index contributed by atoms with van der Waals surface area (Å²) in [7, 11) is 0. The Labute approximate surface area is 187 Å². The van der Waals surface area contributed by atoms with E-state index >= 15 is 0 Å². The zero-order valence-corrected chi connectivity index (χ0v) is 18.7. The molecule has 4 aromatic rings. The van der Waals surface area contributed by atoms with Crippen molar-refractivity contribution in [2.75, 3.05) is 5.32 Å². The van der Waals surface area contributed by atoms with Crippen molar-refractivity contribution in [2.24, 2.45) is 0 Å². The number of hydrogen-bond acceptors (Lipinski definition) is 4. The van der Waals surface area contributed by atoms with Crippen molar-refractivity contribution >= 4 is 33.1 Å². The van der Waals surface area contributed by atoms with Crippen LogP contribution < -0.4 is 16.6 Å². The van der Waals surface area contributed by atoms with E-state index in [9.17, 15) is 18.8 Å². The molecule has 0 saturated carbocycles. The third kappa shape index (κ3) is 4.01. The number of rotatable bonds is 5. The predicted molar refractivity (Wildman–Crippen MR) is 126 cm³/mol. The van der Waals surface area contributed by atoms with Crippen LogP contribution >= 0.6 is 11.3 Å². The van der Waals surface area contributed by atoms with Gasteiger partial charge >= 0.3 is 5.69 Å². The first-order valence-corrected chi connectivity index (χ1v) is 11.0. The second-order valence-corrected chi connectivity index (χ2v) is 8.82. The first-order valence-electron chi connectivity index (χ1n) is 10.2. The zero-order valence-electron chi connectivity index (χ0n) is 17.9. The molecule has 0 unspecified atom stereocenters. The molecular formula is C24H22FN3O3S. The van der Waals surface area contributed by atoms with Crippen LogP contribution in [0, 0.1) is 12.7 Å². The average molecular weight is 452 g/mol. The first kappa shape index (κ1) is 21.7. The molecule has 32 heavy (non-hydrogen) atoms. The van der Waals surface area contributed by atoms with Gasteiger partial charge in [0.1, 0.15) is 17.1 Å². The van der Waals surface area contributed by atoms with Crippen molar-refractivity contribution < 1.29 is 9.18 Å². The van der Waals surface area contributed by atoms with E-state index in [-0.39, 0.29) is 12.2 Å². The van der Waals surface area contributed by atoms with Crippen molar-refractivity contribution in [1.29, 1.82) is 0 Å². The molecule has 0 spiro atoms. The maximum absolute atomic E-state index is 13.7. The molecule has 0 bridgehead atoms. The highest BCUT2D eigenvalue weighted by atomic mass is 32.1. The summed E-state index contributed by atoms with van der Waals surface area (Å²) in [5.74, 6) is -0.444. The van der Waals surface area contributed by atoms with Gasteiger partial charge in [0, 0.05) is 5.69 Å². The van der Waals surface area contributed by atoms with Gasteiger partial charge in [0.15, 0.2) is 0 Å². The third-order valence-electron chi connectivity index (χ3n) is 5.32. The highest BCUT2D eigenvalue weighted by Crippen LogP contribution is 2.19. The molecule has 0 atom stereocenters. The van der Waals surface area contributed by atoms with Gasteiger partial charge in [-0.2, -0.15) is 0 Å². The molecule has 6 nitrogen and oxygen atoms in total. The fourth-order valence-electron chi connectivity index (χ4n) is 3.53. The van der Waals surface area contributed by atoms with E-state index in [1.54, 1.807) is 18.4 Å². The molecule has 8 heteroatoms. The maximum atomic E-state index is 13.7. The summed E-state index contributed by atoms with van der Waals surface area (Å²) in [5, 5.41) is 4.50. The van der Waals surface area contributed by atoms with E-state index in [0.717, 1.165) is 10.1 Å². The van der Waals surface area contributed by atoms with Gasteiger partial charge in [-0.3, -0.25) is 14.2 Å². The van der Waals surface area contributed by atoms with Gasteiger partial charge in [-0.1, -0.05) is 26.0 Å². The molecule has 1 amide bonds. The van der Waals surface area contributed by atoms with Crippen LogP contribution in [0.4, 0.5) is 10.1 Å². The van der Waals surface area contributed by atoms with Crippen molar-refractivity contribution in [3.63, 3.8) is 0 Å². The largest absolute Gasteiger partial charge is 0.336 e. The number of benzene rings is 2. The number of aryl methyl sites for hydroxylation is 1. The Morgan fingerprint density at radius 2 is 1.81 bits per heavy atom. The average Bonchev–Trinajstić information content (AvgIpc) is 3.24. The molecule has 0 fully saturated rings. The lowest BCUT2D eigenvalue weighted by Crippen LogP contribution is -2.40. The lowest BCUT2D eigenvalue weighted by Gasteiger charge is -2.13. The van der Waals surface area contributed by atoms with Crippen LogP contribution in [0.1, 0.15) is 30.9 Å². The molecule has 2 aromatic carbocycles. The number of carbonyl (C=O) groups excluding carboxylic acids is 1. The van der Waals surface area contributed by atoms with E-state index in [2.05, 4.69) is 19.2 Å². The second-order valence-electron chi connectivity index (χ2n) is 7.90. The van der Waals surface area contributed by atoms with Crippen molar-refractivity contribution in [3.8, 4) is 5.69 Å². The lowest BCUT2D eigenvalue weighted by molar-refractivity contribution is -0.116. The van der Waals surface area contributed by atoms with Crippen LogP contribution in [-0.4, -0.2) is 15.0 Å². The van der Waals surface area contributed by atoms with E-state index in [1.165, 1.54) is 34.1 Å². The van der Waals surface area contributed by atoms with Gasteiger partial charge in [0.2, 0.25) is 5.91 Å². The molecule has 0 radical (unpaired) electrons. The number of aromatic nitrogens is 2. The Bertz CT molecular complexity index is 1430. The monoisotopic (exact) mass is 451 g/mol. The Morgan fingerprint density at radius 1 is 1.09 bits per heavy atom. The van der Waals surface area contributed by atoms with E-state index < -0.39 is 23.0 Å². The summed E-state index contributed by atoms with van der Waals surface area (Å²) in [6, 6.07) is 13.2. The van der Waals surface area contributed by atoms with Crippen LogP contribution in [0.5, 0.6) is 0 Å². The number of nitrogens with one attached hydrogen (secondary N) is 1. The van der Waals surface area contributed by atoms with Gasteiger partial charge in [0.25, 0.3) is 5.56 Å². The SMILES string of the molecule is Cc1cc(-n2c(=O)c3sccc3n(CC(=O)Nc3ccc(C(C)C)cc3)c2=O)ccc1F. The molecule has 2 aromatic heterocycles. The highest BCUT2D eigenvalue weighted by molar-refractivity contribution is 7.17. The minimum Gasteiger partial charge on any atom is -0.325 e. The summed E-state index contributed by atoms with van der Waals surface area (Å²) < 4.78 is 16.3. The van der Waals surface area contributed by atoms with Crippen molar-refractivity contribution in [2.45, 2.75) is 33.2 Å². The molecule has 0 aliphatic rings. The van der Waals surface area contributed by atoms with Crippen LogP contribution in [-0.2, 0) is 11.3 Å². The van der Waals surface area contributed by atoms with Gasteiger partial charge < -0.3 is 5.32 Å². The number of carbonyl (C=O) groups is 1. The number of fused-ring (bicyclic) bond motifs is 1. The summed E-state index contributed by atoms with van der Waals surface area (Å²) in [4.78, 5) is 39.0. The molecule has 0 aliphatic heterocycles. The maximum Gasteiger partial charge on any atom is 0.336 e. The number of nitrogens with zero attached hydrogens (tertiary/aromatic N) is 2. The number of halogens is 1. The number of anilines is 1. The topological polar surface area (TPSA) is 73.1 Å². The second kappa shape index (κ2) is 8.55. The molecule has 164 valence electrons. The standard InChI is InChI=1S/C24H22FN3O3S/c1-14(2)16-4-6-17(7-5-16)26-21(29)13-27-20-10-11-32-22(20)23(30)28(24(27)31)18-8-9-19(25)15(3)12-18/h4-12,14H,13H2,1-3H3,(H,26,29). The predicted octanol–water partition coefficient (Wildman–Crippen LogP) is 4.42. The van der Waals surface area contributed by atoms with Gasteiger partial charge in [-0.25, -0.2) is 13.8 Å². The Morgan fingerprint density at radius 3 is 2.47 bits per heavy atom. The quantitative estimate of drug-likeness (QED) is 0.488. The zero-order chi connectivity index (χ0) is 23.0. The number of hydrogen-bond donors (Lipinski definition) is 1. The highest BCUT2D eigenvalue weighted by Gasteiger charge is 2.18. The van der Waals surface area contributed by atoms with E-state index in [4.69, 9.17) is 0 Å². The summed E-state index contributed by atoms with van der Waals surface area (Å²) in [6.45, 7) is 5.47.